The highest BCUT2D eigenvalue weighted by Crippen LogP contribution is 2.31. The molecule has 1 fully saturated rings. The molecule has 1 aliphatic carbocycles. The highest BCUT2D eigenvalue weighted by atomic mass is 16.3. The Kier molecular flexibility index (Phi) is 4.78. The van der Waals surface area contributed by atoms with Crippen molar-refractivity contribution in [2.45, 2.75) is 46.5 Å². The van der Waals surface area contributed by atoms with Gasteiger partial charge in [-0.15, -0.1) is 0 Å². The topological polar surface area (TPSA) is 49.3 Å². The molecule has 1 saturated carbocycles. The second-order valence-corrected chi connectivity index (χ2v) is 5.58. The van der Waals surface area contributed by atoms with E-state index in [1.807, 2.05) is 20.8 Å². The molecule has 94 valence electrons. The molecule has 0 aromatic carbocycles. The van der Waals surface area contributed by atoms with E-state index in [2.05, 4.69) is 5.32 Å². The van der Waals surface area contributed by atoms with Crippen LogP contribution in [0.2, 0.25) is 0 Å². The lowest BCUT2D eigenvalue weighted by Crippen LogP contribution is -2.39. The number of nitrogens with one attached hydrogen (secondary N) is 1. The average molecular weight is 227 g/mol. The van der Waals surface area contributed by atoms with Gasteiger partial charge in [0.25, 0.3) is 0 Å². The maximum absolute atomic E-state index is 11.9. The summed E-state index contributed by atoms with van der Waals surface area (Å²) in [4.78, 5) is 11.9. The van der Waals surface area contributed by atoms with Gasteiger partial charge in [0.05, 0.1) is 0 Å². The fourth-order valence-corrected chi connectivity index (χ4v) is 2.25. The second kappa shape index (κ2) is 5.67. The molecule has 0 radical (unpaired) electrons. The van der Waals surface area contributed by atoms with E-state index in [0.29, 0.717) is 11.8 Å². The Morgan fingerprint density at radius 3 is 2.56 bits per heavy atom. The van der Waals surface area contributed by atoms with E-state index in [1.54, 1.807) is 0 Å². The molecule has 0 spiro atoms. The first-order valence-electron chi connectivity index (χ1n) is 6.40. The standard InChI is InChI=1S/C13H25NO2/c1-4-13(2,3)12(16)14-8-10-6-5-7-11(10)9-15/h10-11,15H,4-9H2,1-3H3,(H,14,16). The van der Waals surface area contributed by atoms with Crippen LogP contribution in [0.4, 0.5) is 0 Å². The van der Waals surface area contributed by atoms with Gasteiger partial charge >= 0.3 is 0 Å². The SMILES string of the molecule is CCC(C)(C)C(=O)NCC1CCCC1CO. The maximum atomic E-state index is 11.9. The third-order valence-electron chi connectivity index (χ3n) is 4.07. The molecule has 16 heavy (non-hydrogen) atoms. The molecule has 0 heterocycles. The van der Waals surface area contributed by atoms with Crippen molar-refractivity contribution in [2.75, 3.05) is 13.2 Å². The Bertz CT molecular complexity index is 238. The highest BCUT2D eigenvalue weighted by molar-refractivity contribution is 5.81. The second-order valence-electron chi connectivity index (χ2n) is 5.58. The quantitative estimate of drug-likeness (QED) is 0.754. The van der Waals surface area contributed by atoms with Crippen molar-refractivity contribution >= 4 is 5.91 Å². The zero-order chi connectivity index (χ0) is 12.2. The van der Waals surface area contributed by atoms with Crippen LogP contribution in [0, 0.1) is 17.3 Å². The molecule has 0 aromatic rings. The molecule has 3 heteroatoms. The van der Waals surface area contributed by atoms with E-state index in [-0.39, 0.29) is 17.9 Å². The molecule has 1 amide bonds. The molecular weight excluding hydrogens is 202 g/mol. The summed E-state index contributed by atoms with van der Waals surface area (Å²) in [6.07, 6.45) is 4.28. The van der Waals surface area contributed by atoms with Gasteiger partial charge < -0.3 is 10.4 Å². The zero-order valence-corrected chi connectivity index (χ0v) is 10.8. The molecule has 2 atom stereocenters. The van der Waals surface area contributed by atoms with Crippen molar-refractivity contribution in [3.8, 4) is 0 Å². The maximum Gasteiger partial charge on any atom is 0.225 e. The number of hydrogen-bond donors (Lipinski definition) is 2. The van der Waals surface area contributed by atoms with Crippen LogP contribution in [0.5, 0.6) is 0 Å². The fraction of sp³-hybridized carbons (Fsp3) is 0.923. The molecule has 1 rings (SSSR count). The summed E-state index contributed by atoms with van der Waals surface area (Å²) in [5.74, 6) is 1.00. The summed E-state index contributed by atoms with van der Waals surface area (Å²) < 4.78 is 0. The van der Waals surface area contributed by atoms with Gasteiger partial charge in [-0.3, -0.25) is 4.79 Å². The van der Waals surface area contributed by atoms with Crippen LogP contribution in [0.25, 0.3) is 0 Å². The van der Waals surface area contributed by atoms with Gasteiger partial charge in [-0.05, 0) is 31.1 Å². The van der Waals surface area contributed by atoms with Crippen molar-refractivity contribution < 1.29 is 9.90 Å². The largest absolute Gasteiger partial charge is 0.396 e. The summed E-state index contributed by atoms with van der Waals surface area (Å²) in [5, 5.41) is 12.2. The Balaban J connectivity index is 2.37. The molecule has 0 aliphatic heterocycles. The van der Waals surface area contributed by atoms with Crippen molar-refractivity contribution in [1.29, 1.82) is 0 Å². The predicted molar refractivity (Wildman–Crippen MR) is 65.0 cm³/mol. The van der Waals surface area contributed by atoms with E-state index in [1.165, 1.54) is 6.42 Å². The van der Waals surface area contributed by atoms with Gasteiger partial charge in [0.2, 0.25) is 5.91 Å². The molecule has 3 nitrogen and oxygen atoms in total. The summed E-state index contributed by atoms with van der Waals surface area (Å²) >= 11 is 0. The Morgan fingerprint density at radius 1 is 1.38 bits per heavy atom. The number of aliphatic hydroxyl groups excluding tert-OH is 1. The van der Waals surface area contributed by atoms with E-state index in [0.717, 1.165) is 25.8 Å². The van der Waals surface area contributed by atoms with Gasteiger partial charge in [0, 0.05) is 18.6 Å². The van der Waals surface area contributed by atoms with Crippen molar-refractivity contribution in [3.05, 3.63) is 0 Å². The smallest absolute Gasteiger partial charge is 0.225 e. The van der Waals surface area contributed by atoms with Crippen molar-refractivity contribution in [3.63, 3.8) is 0 Å². The van der Waals surface area contributed by atoms with Crippen LogP contribution in [0.3, 0.4) is 0 Å². The number of carbonyl (C=O) groups excluding carboxylic acids is 1. The van der Waals surface area contributed by atoms with Crippen LogP contribution in [0.15, 0.2) is 0 Å². The third kappa shape index (κ3) is 3.21. The molecule has 1 aliphatic rings. The van der Waals surface area contributed by atoms with Crippen molar-refractivity contribution in [1.82, 2.24) is 5.32 Å². The minimum atomic E-state index is -0.271. The van der Waals surface area contributed by atoms with Crippen LogP contribution < -0.4 is 5.32 Å². The molecule has 2 unspecified atom stereocenters. The summed E-state index contributed by atoms with van der Waals surface area (Å²) in [6.45, 7) is 6.97. The van der Waals surface area contributed by atoms with Gasteiger partial charge in [-0.1, -0.05) is 27.2 Å². The van der Waals surface area contributed by atoms with Gasteiger partial charge in [-0.2, -0.15) is 0 Å². The lowest BCUT2D eigenvalue weighted by Gasteiger charge is -2.24. The average Bonchev–Trinajstić information content (AvgIpc) is 2.72. The van der Waals surface area contributed by atoms with Crippen molar-refractivity contribution in [2.24, 2.45) is 17.3 Å². The number of carbonyl (C=O) groups is 1. The van der Waals surface area contributed by atoms with Gasteiger partial charge in [0.1, 0.15) is 0 Å². The van der Waals surface area contributed by atoms with Crippen LogP contribution in [-0.4, -0.2) is 24.2 Å². The Morgan fingerprint density at radius 2 is 2.00 bits per heavy atom. The lowest BCUT2D eigenvalue weighted by molar-refractivity contribution is -0.129. The monoisotopic (exact) mass is 227 g/mol. The van der Waals surface area contributed by atoms with E-state index >= 15 is 0 Å². The Hall–Kier alpha value is -0.570. The highest BCUT2D eigenvalue weighted by Gasteiger charge is 2.29. The third-order valence-corrected chi connectivity index (χ3v) is 4.07. The number of hydrogen-bond acceptors (Lipinski definition) is 2. The lowest BCUT2D eigenvalue weighted by atomic mass is 9.88. The molecule has 2 N–H and O–H groups in total. The Labute approximate surface area is 98.6 Å². The number of aliphatic hydroxyl groups is 1. The van der Waals surface area contributed by atoms with E-state index < -0.39 is 0 Å². The van der Waals surface area contributed by atoms with Gasteiger partial charge in [-0.25, -0.2) is 0 Å². The molecular formula is C13H25NO2. The number of rotatable bonds is 5. The first-order valence-corrected chi connectivity index (χ1v) is 6.40. The molecule has 0 aromatic heterocycles. The fourth-order valence-electron chi connectivity index (χ4n) is 2.25. The summed E-state index contributed by atoms with van der Waals surface area (Å²) in [7, 11) is 0. The summed E-state index contributed by atoms with van der Waals surface area (Å²) in [6, 6.07) is 0. The van der Waals surface area contributed by atoms with Crippen LogP contribution in [0.1, 0.15) is 46.5 Å². The first-order chi connectivity index (χ1) is 7.51. The molecule has 0 bridgehead atoms. The minimum Gasteiger partial charge on any atom is -0.396 e. The first kappa shape index (κ1) is 13.5. The summed E-state index contributed by atoms with van der Waals surface area (Å²) in [5.41, 5.74) is -0.271. The van der Waals surface area contributed by atoms with E-state index in [4.69, 9.17) is 0 Å². The molecule has 0 saturated heterocycles. The predicted octanol–water partition coefficient (Wildman–Crippen LogP) is 1.95. The zero-order valence-electron chi connectivity index (χ0n) is 10.8. The van der Waals surface area contributed by atoms with Gasteiger partial charge in [0.15, 0.2) is 0 Å². The van der Waals surface area contributed by atoms with E-state index in [9.17, 15) is 9.90 Å². The number of amides is 1. The van der Waals surface area contributed by atoms with Crippen LogP contribution >= 0.6 is 0 Å². The minimum absolute atomic E-state index is 0.138. The van der Waals surface area contributed by atoms with Crippen LogP contribution in [-0.2, 0) is 4.79 Å². The normalized spacial score (nSPS) is 25.8.